The van der Waals surface area contributed by atoms with Crippen LogP contribution in [0, 0.1) is 6.92 Å². The van der Waals surface area contributed by atoms with E-state index in [1.54, 1.807) is 0 Å². The quantitative estimate of drug-likeness (QED) is 0.771. The van der Waals surface area contributed by atoms with Crippen molar-refractivity contribution >= 4 is 12.4 Å². The molecule has 4 heteroatoms. The monoisotopic (exact) mass is 254 g/mol. The number of hydrogen-bond donors (Lipinski definition) is 1. The van der Waals surface area contributed by atoms with Crippen LogP contribution >= 0.6 is 12.4 Å². The van der Waals surface area contributed by atoms with Gasteiger partial charge < -0.3 is 10.1 Å². The second-order valence-electron chi connectivity index (χ2n) is 5.41. The van der Waals surface area contributed by atoms with Crippen molar-refractivity contribution in [1.82, 2.24) is 10.3 Å². The Bertz CT molecular complexity index is 453. The van der Waals surface area contributed by atoms with Crippen molar-refractivity contribution in [2.45, 2.75) is 52.5 Å². The molecule has 3 heterocycles. The van der Waals surface area contributed by atoms with Gasteiger partial charge in [0.2, 0.25) is 0 Å². The Morgan fingerprint density at radius 3 is 2.71 bits per heavy atom. The highest BCUT2D eigenvalue weighted by Crippen LogP contribution is 2.33. The Morgan fingerprint density at radius 2 is 1.94 bits per heavy atom. The standard InChI is InChI=1S/C13H18N2O.ClH/c1-8-11-7-16-13(2,3)4-9(11)10-5-14-6-12(10)15-8;/h14H,4-7H2,1-3H3;1H. The van der Waals surface area contributed by atoms with Crippen molar-refractivity contribution in [3.8, 4) is 0 Å². The molecule has 0 aromatic carbocycles. The number of nitrogens with one attached hydrogen (secondary N) is 1. The second-order valence-corrected chi connectivity index (χ2v) is 5.41. The topological polar surface area (TPSA) is 34.1 Å². The van der Waals surface area contributed by atoms with E-state index in [0.29, 0.717) is 6.61 Å². The fraction of sp³-hybridized carbons (Fsp3) is 0.615. The highest BCUT2D eigenvalue weighted by atomic mass is 35.5. The summed E-state index contributed by atoms with van der Waals surface area (Å²) in [6.07, 6.45) is 1.01. The van der Waals surface area contributed by atoms with Crippen LogP contribution in [0.1, 0.15) is 41.9 Å². The minimum absolute atomic E-state index is 0. The van der Waals surface area contributed by atoms with Gasteiger partial charge in [0.05, 0.1) is 17.9 Å². The number of halogens is 1. The zero-order valence-electron chi connectivity index (χ0n) is 10.6. The molecule has 1 aromatic heterocycles. The molecule has 1 aromatic rings. The summed E-state index contributed by atoms with van der Waals surface area (Å²) in [5.74, 6) is 0. The smallest absolute Gasteiger partial charge is 0.0744 e. The van der Waals surface area contributed by atoms with Gasteiger partial charge in [0, 0.05) is 30.8 Å². The van der Waals surface area contributed by atoms with Crippen molar-refractivity contribution in [2.75, 3.05) is 0 Å². The van der Waals surface area contributed by atoms with Crippen LogP contribution in [0.2, 0.25) is 0 Å². The lowest BCUT2D eigenvalue weighted by Crippen LogP contribution is -2.33. The van der Waals surface area contributed by atoms with E-state index in [-0.39, 0.29) is 18.0 Å². The number of aryl methyl sites for hydroxylation is 1. The van der Waals surface area contributed by atoms with Crippen LogP contribution in [-0.4, -0.2) is 10.6 Å². The van der Waals surface area contributed by atoms with Crippen LogP contribution in [0.5, 0.6) is 0 Å². The van der Waals surface area contributed by atoms with E-state index in [9.17, 15) is 0 Å². The van der Waals surface area contributed by atoms with Gasteiger partial charge in [0.25, 0.3) is 0 Å². The minimum Gasteiger partial charge on any atom is -0.370 e. The van der Waals surface area contributed by atoms with Gasteiger partial charge in [-0.2, -0.15) is 0 Å². The van der Waals surface area contributed by atoms with Crippen LogP contribution in [0.4, 0.5) is 0 Å². The van der Waals surface area contributed by atoms with Gasteiger partial charge in [0.15, 0.2) is 0 Å². The first kappa shape index (κ1) is 12.8. The van der Waals surface area contributed by atoms with E-state index in [1.165, 1.54) is 22.4 Å². The first-order valence-corrected chi connectivity index (χ1v) is 5.91. The Balaban J connectivity index is 0.00000108. The number of hydrogen-bond acceptors (Lipinski definition) is 3. The first-order valence-electron chi connectivity index (χ1n) is 5.91. The largest absolute Gasteiger partial charge is 0.370 e. The highest BCUT2D eigenvalue weighted by molar-refractivity contribution is 5.85. The molecule has 0 spiro atoms. The molecule has 0 bridgehead atoms. The van der Waals surface area contributed by atoms with E-state index in [4.69, 9.17) is 4.74 Å². The number of nitrogens with zero attached hydrogens (tertiary/aromatic N) is 1. The Kier molecular flexibility index (Phi) is 3.19. The van der Waals surface area contributed by atoms with Gasteiger partial charge in [0.1, 0.15) is 0 Å². The normalized spacial score (nSPS) is 20.4. The van der Waals surface area contributed by atoms with Crippen LogP contribution in [0.3, 0.4) is 0 Å². The van der Waals surface area contributed by atoms with Crippen LogP contribution in [0.15, 0.2) is 0 Å². The number of pyridine rings is 1. The number of aromatic nitrogens is 1. The third-order valence-electron chi connectivity index (χ3n) is 3.62. The molecule has 1 N–H and O–H groups in total. The van der Waals surface area contributed by atoms with Crippen LogP contribution < -0.4 is 5.32 Å². The number of rotatable bonds is 0. The van der Waals surface area contributed by atoms with Crippen molar-refractivity contribution in [3.05, 3.63) is 28.1 Å². The number of fused-ring (bicyclic) bond motifs is 3. The molecule has 0 amide bonds. The predicted molar refractivity (Wildman–Crippen MR) is 69.3 cm³/mol. The first-order chi connectivity index (χ1) is 7.57. The number of ether oxygens (including phenoxy) is 1. The summed E-state index contributed by atoms with van der Waals surface area (Å²) in [5.41, 5.74) is 6.60. The molecule has 0 unspecified atom stereocenters. The molecule has 0 saturated heterocycles. The molecule has 17 heavy (non-hydrogen) atoms. The summed E-state index contributed by atoms with van der Waals surface area (Å²) in [6.45, 7) is 9.04. The third kappa shape index (κ3) is 2.07. The summed E-state index contributed by atoms with van der Waals surface area (Å²) in [7, 11) is 0. The van der Waals surface area contributed by atoms with Gasteiger partial charge in [-0.05, 0) is 31.9 Å². The van der Waals surface area contributed by atoms with E-state index < -0.39 is 0 Å². The minimum atomic E-state index is -0.0306. The van der Waals surface area contributed by atoms with Gasteiger partial charge in [-0.15, -0.1) is 12.4 Å². The maximum atomic E-state index is 5.87. The summed E-state index contributed by atoms with van der Waals surface area (Å²) < 4.78 is 5.87. The van der Waals surface area contributed by atoms with Crippen molar-refractivity contribution in [1.29, 1.82) is 0 Å². The third-order valence-corrected chi connectivity index (χ3v) is 3.62. The maximum absolute atomic E-state index is 5.87. The lowest BCUT2D eigenvalue weighted by atomic mass is 9.88. The lowest BCUT2D eigenvalue weighted by Gasteiger charge is -2.33. The molecule has 0 radical (unpaired) electrons. The molecule has 3 rings (SSSR count). The molecule has 0 saturated carbocycles. The van der Waals surface area contributed by atoms with Crippen molar-refractivity contribution < 1.29 is 4.74 Å². The fourth-order valence-corrected chi connectivity index (χ4v) is 2.72. The Labute approximate surface area is 108 Å². The molecule has 0 fully saturated rings. The molecule has 2 aliphatic heterocycles. The molecule has 0 aliphatic carbocycles. The van der Waals surface area contributed by atoms with Gasteiger partial charge >= 0.3 is 0 Å². The van der Waals surface area contributed by atoms with E-state index >= 15 is 0 Å². The SMILES string of the molecule is Cc1nc2c(c3c1COC(C)(C)C3)CNC2.Cl. The Morgan fingerprint density at radius 1 is 1.18 bits per heavy atom. The summed E-state index contributed by atoms with van der Waals surface area (Å²) >= 11 is 0. The molecular weight excluding hydrogens is 236 g/mol. The van der Waals surface area contributed by atoms with Gasteiger partial charge in [-0.1, -0.05) is 0 Å². The Hall–Kier alpha value is -0.640. The van der Waals surface area contributed by atoms with E-state index in [0.717, 1.165) is 25.2 Å². The second kappa shape index (κ2) is 4.23. The average molecular weight is 255 g/mol. The molecule has 3 nitrogen and oxygen atoms in total. The van der Waals surface area contributed by atoms with E-state index in [2.05, 4.69) is 31.1 Å². The van der Waals surface area contributed by atoms with Gasteiger partial charge in [-0.25, -0.2) is 0 Å². The summed E-state index contributed by atoms with van der Waals surface area (Å²) in [4.78, 5) is 4.67. The van der Waals surface area contributed by atoms with Crippen molar-refractivity contribution in [3.63, 3.8) is 0 Å². The van der Waals surface area contributed by atoms with Crippen LogP contribution in [-0.2, 0) is 30.9 Å². The van der Waals surface area contributed by atoms with Crippen molar-refractivity contribution in [2.24, 2.45) is 0 Å². The molecule has 94 valence electrons. The lowest BCUT2D eigenvalue weighted by molar-refractivity contribution is -0.0407. The zero-order chi connectivity index (χ0) is 11.3. The highest BCUT2D eigenvalue weighted by Gasteiger charge is 2.31. The summed E-state index contributed by atoms with van der Waals surface area (Å²) in [6, 6.07) is 0. The maximum Gasteiger partial charge on any atom is 0.0744 e. The van der Waals surface area contributed by atoms with E-state index in [1.807, 2.05) is 0 Å². The molecular formula is C13H19ClN2O. The van der Waals surface area contributed by atoms with Gasteiger partial charge in [-0.3, -0.25) is 4.98 Å². The fourth-order valence-electron chi connectivity index (χ4n) is 2.72. The van der Waals surface area contributed by atoms with Crippen LogP contribution in [0.25, 0.3) is 0 Å². The summed E-state index contributed by atoms with van der Waals surface area (Å²) in [5, 5.41) is 3.39. The molecule has 0 atom stereocenters. The average Bonchev–Trinajstić information content (AvgIpc) is 2.64. The zero-order valence-corrected chi connectivity index (χ0v) is 11.4. The predicted octanol–water partition coefficient (Wildman–Crippen LogP) is 2.27. The molecule has 2 aliphatic rings.